The number of halogens is 1. The summed E-state index contributed by atoms with van der Waals surface area (Å²) in [5.74, 6) is 0. The number of nitrogens with one attached hydrogen (secondary N) is 2. The molecule has 31 heavy (non-hydrogen) atoms. The van der Waals surface area contributed by atoms with Crippen LogP contribution in [0.1, 0.15) is 34.0 Å². The number of hydrogen-bond donors (Lipinski definition) is 2. The Bertz CT molecular complexity index is 1280. The lowest BCUT2D eigenvalue weighted by Gasteiger charge is -2.36. The van der Waals surface area contributed by atoms with Gasteiger partial charge in [0.25, 0.3) is 0 Å². The molecule has 0 spiro atoms. The molecule has 2 N–H and O–H groups in total. The second-order valence-corrected chi connectivity index (χ2v) is 8.70. The minimum absolute atomic E-state index is 0.0986. The van der Waals surface area contributed by atoms with Crippen molar-refractivity contribution in [3.63, 3.8) is 0 Å². The van der Waals surface area contributed by atoms with Crippen LogP contribution in [0, 0.1) is 13.8 Å². The average molecular weight is 430 g/mol. The summed E-state index contributed by atoms with van der Waals surface area (Å²) >= 11 is 6.28. The summed E-state index contributed by atoms with van der Waals surface area (Å²) in [6, 6.07) is 21.9. The van der Waals surface area contributed by atoms with Crippen LogP contribution in [0.3, 0.4) is 0 Å². The van der Waals surface area contributed by atoms with Crippen LogP contribution in [-0.2, 0) is 6.42 Å². The van der Waals surface area contributed by atoms with Gasteiger partial charge >= 0.3 is 6.03 Å². The number of carbonyl (C=O) groups excluding carboxylic acids is 1. The highest BCUT2D eigenvalue weighted by Gasteiger charge is 2.34. The molecule has 1 aliphatic rings. The quantitative estimate of drug-likeness (QED) is 0.369. The number of nitrogens with zero attached hydrogens (tertiary/aromatic N) is 1. The first-order valence-corrected chi connectivity index (χ1v) is 10.9. The summed E-state index contributed by atoms with van der Waals surface area (Å²) in [7, 11) is 0. The highest BCUT2D eigenvalue weighted by atomic mass is 35.5. The standard InChI is InChI=1S/C26H24ClN3O/c1-16-6-8-18(9-7-16)25-24-21(22-15-19(27)10-11-23(22)29-24)12-13-30(25)26(31)28-20-5-3-4-17(2)14-20/h3-11,14-15,25,29H,12-13H2,1-2H3,(H,28,31). The molecular weight excluding hydrogens is 406 g/mol. The second-order valence-electron chi connectivity index (χ2n) is 8.26. The molecular formula is C26H24ClN3O. The summed E-state index contributed by atoms with van der Waals surface area (Å²) in [6.07, 6.45) is 0.777. The third-order valence-electron chi connectivity index (χ3n) is 6.01. The number of benzene rings is 3. The van der Waals surface area contributed by atoms with Crippen LogP contribution < -0.4 is 5.32 Å². The van der Waals surface area contributed by atoms with E-state index in [0.29, 0.717) is 6.54 Å². The van der Waals surface area contributed by atoms with Gasteiger partial charge in [-0.2, -0.15) is 0 Å². The average Bonchev–Trinajstić information content (AvgIpc) is 3.11. The maximum atomic E-state index is 13.4. The van der Waals surface area contributed by atoms with Gasteiger partial charge in [-0.05, 0) is 67.3 Å². The largest absolute Gasteiger partial charge is 0.356 e. The van der Waals surface area contributed by atoms with Crippen LogP contribution in [0.25, 0.3) is 10.9 Å². The number of hydrogen-bond acceptors (Lipinski definition) is 1. The topological polar surface area (TPSA) is 48.1 Å². The molecule has 0 saturated heterocycles. The zero-order valence-corrected chi connectivity index (χ0v) is 18.3. The zero-order valence-electron chi connectivity index (χ0n) is 17.6. The molecule has 1 atom stereocenters. The van der Waals surface area contributed by atoms with Gasteiger partial charge in [0.1, 0.15) is 0 Å². The van der Waals surface area contributed by atoms with E-state index in [9.17, 15) is 4.79 Å². The zero-order chi connectivity index (χ0) is 21.5. The summed E-state index contributed by atoms with van der Waals surface area (Å²) in [5, 5.41) is 4.95. The van der Waals surface area contributed by atoms with Gasteiger partial charge in [-0.25, -0.2) is 4.79 Å². The number of carbonyl (C=O) groups is 1. The van der Waals surface area contributed by atoms with E-state index in [4.69, 9.17) is 11.6 Å². The van der Waals surface area contributed by atoms with Gasteiger partial charge in [-0.3, -0.25) is 0 Å². The lowest BCUT2D eigenvalue weighted by atomic mass is 9.92. The van der Waals surface area contributed by atoms with Gasteiger partial charge in [-0.1, -0.05) is 53.6 Å². The maximum Gasteiger partial charge on any atom is 0.322 e. The lowest BCUT2D eigenvalue weighted by molar-refractivity contribution is 0.193. The molecule has 1 aliphatic heterocycles. The molecule has 156 valence electrons. The van der Waals surface area contributed by atoms with Gasteiger partial charge in [0.15, 0.2) is 0 Å². The molecule has 2 heterocycles. The fraction of sp³-hybridized carbons (Fsp3) is 0.192. The van der Waals surface area contributed by atoms with E-state index in [2.05, 4.69) is 41.5 Å². The van der Waals surface area contributed by atoms with Crippen LogP contribution in [-0.4, -0.2) is 22.5 Å². The first-order valence-electron chi connectivity index (χ1n) is 10.5. The fourth-order valence-electron chi connectivity index (χ4n) is 4.49. The van der Waals surface area contributed by atoms with Crippen LogP contribution in [0.15, 0.2) is 66.7 Å². The Labute approximate surface area is 186 Å². The predicted octanol–water partition coefficient (Wildman–Crippen LogP) is 6.62. The number of H-pyrrole nitrogens is 1. The van der Waals surface area contributed by atoms with Crippen LogP contribution >= 0.6 is 11.6 Å². The molecule has 4 nitrogen and oxygen atoms in total. The Balaban J connectivity index is 1.59. The molecule has 5 heteroatoms. The minimum Gasteiger partial charge on any atom is -0.356 e. The van der Waals surface area contributed by atoms with E-state index in [1.807, 2.05) is 54.3 Å². The Kier molecular flexibility index (Phi) is 4.95. The van der Waals surface area contributed by atoms with Crippen molar-refractivity contribution >= 4 is 34.2 Å². The van der Waals surface area contributed by atoms with E-state index < -0.39 is 0 Å². The number of aromatic nitrogens is 1. The lowest BCUT2D eigenvalue weighted by Crippen LogP contribution is -2.43. The second kappa shape index (κ2) is 7.78. The monoisotopic (exact) mass is 429 g/mol. The molecule has 0 aliphatic carbocycles. The predicted molar refractivity (Wildman–Crippen MR) is 127 cm³/mol. The molecule has 4 aromatic rings. The fourth-order valence-corrected chi connectivity index (χ4v) is 4.67. The number of amides is 2. The van der Waals surface area contributed by atoms with E-state index in [0.717, 1.165) is 44.9 Å². The van der Waals surface area contributed by atoms with Crippen LogP contribution in [0.2, 0.25) is 5.02 Å². The van der Waals surface area contributed by atoms with Crippen molar-refractivity contribution < 1.29 is 4.79 Å². The molecule has 1 aromatic heterocycles. The van der Waals surface area contributed by atoms with Crippen molar-refractivity contribution in [3.8, 4) is 0 Å². The van der Waals surface area contributed by atoms with E-state index in [-0.39, 0.29) is 12.1 Å². The molecule has 2 amide bonds. The number of fused-ring (bicyclic) bond motifs is 3. The molecule has 5 rings (SSSR count). The van der Waals surface area contributed by atoms with Crippen molar-refractivity contribution in [3.05, 3.63) is 99.7 Å². The summed E-state index contributed by atoms with van der Waals surface area (Å²) in [4.78, 5) is 18.9. The molecule has 0 bridgehead atoms. The van der Waals surface area contributed by atoms with Crippen molar-refractivity contribution in [2.45, 2.75) is 26.3 Å². The Morgan fingerprint density at radius 1 is 1.03 bits per heavy atom. The van der Waals surface area contributed by atoms with E-state index in [1.165, 1.54) is 11.1 Å². The van der Waals surface area contributed by atoms with Gasteiger partial charge in [0.2, 0.25) is 0 Å². The van der Waals surface area contributed by atoms with Gasteiger partial charge in [0, 0.05) is 33.9 Å². The van der Waals surface area contributed by atoms with Gasteiger partial charge in [-0.15, -0.1) is 0 Å². The number of urea groups is 1. The number of anilines is 1. The molecule has 0 fully saturated rings. The van der Waals surface area contributed by atoms with Crippen molar-refractivity contribution in [1.29, 1.82) is 0 Å². The Hall–Kier alpha value is -3.24. The summed E-state index contributed by atoms with van der Waals surface area (Å²) < 4.78 is 0. The van der Waals surface area contributed by atoms with Crippen molar-refractivity contribution in [2.24, 2.45) is 0 Å². The number of aromatic amines is 1. The van der Waals surface area contributed by atoms with Crippen LogP contribution in [0.4, 0.5) is 10.5 Å². The third kappa shape index (κ3) is 3.68. The highest BCUT2D eigenvalue weighted by Crippen LogP contribution is 2.39. The SMILES string of the molecule is Cc1ccc(C2c3[nH]c4ccc(Cl)cc4c3CCN2C(=O)Nc2cccc(C)c2)cc1. The van der Waals surface area contributed by atoms with Crippen molar-refractivity contribution in [1.82, 2.24) is 9.88 Å². The maximum absolute atomic E-state index is 13.4. The Morgan fingerprint density at radius 3 is 2.61 bits per heavy atom. The first kappa shape index (κ1) is 19.7. The number of rotatable bonds is 2. The third-order valence-corrected chi connectivity index (χ3v) is 6.25. The summed E-state index contributed by atoms with van der Waals surface area (Å²) in [6.45, 7) is 4.72. The molecule has 3 aromatic carbocycles. The van der Waals surface area contributed by atoms with Crippen molar-refractivity contribution in [2.75, 3.05) is 11.9 Å². The Morgan fingerprint density at radius 2 is 1.84 bits per heavy atom. The minimum atomic E-state index is -0.194. The first-order chi connectivity index (χ1) is 15.0. The van der Waals surface area contributed by atoms with Gasteiger partial charge in [0.05, 0.1) is 6.04 Å². The smallest absolute Gasteiger partial charge is 0.322 e. The molecule has 0 saturated carbocycles. The summed E-state index contributed by atoms with van der Waals surface area (Å²) in [5.41, 5.74) is 7.55. The highest BCUT2D eigenvalue weighted by molar-refractivity contribution is 6.31. The van der Waals surface area contributed by atoms with Gasteiger partial charge < -0.3 is 15.2 Å². The van der Waals surface area contributed by atoms with E-state index >= 15 is 0 Å². The molecule has 1 unspecified atom stereocenters. The van der Waals surface area contributed by atoms with E-state index in [1.54, 1.807) is 0 Å². The number of aryl methyl sites for hydroxylation is 2. The van der Waals surface area contributed by atoms with Crippen LogP contribution in [0.5, 0.6) is 0 Å². The normalized spacial score (nSPS) is 15.7. The molecule has 0 radical (unpaired) electrons.